The number of fused-ring (bicyclic) bond motifs is 2. The molecule has 6 nitrogen and oxygen atoms in total. The van der Waals surface area contributed by atoms with Crippen LogP contribution in [0.2, 0.25) is 0 Å². The summed E-state index contributed by atoms with van der Waals surface area (Å²) in [6.45, 7) is 9.30. The molecule has 5 atom stereocenters. The van der Waals surface area contributed by atoms with Gasteiger partial charge in [-0.25, -0.2) is 0 Å². The van der Waals surface area contributed by atoms with Crippen LogP contribution in [0.5, 0.6) is 0 Å². The lowest BCUT2D eigenvalue weighted by molar-refractivity contribution is -0.253. The summed E-state index contributed by atoms with van der Waals surface area (Å²) in [5.41, 5.74) is 4.90. The number of carbonyl (C=O) groups is 1. The van der Waals surface area contributed by atoms with Crippen LogP contribution in [0.3, 0.4) is 0 Å². The van der Waals surface area contributed by atoms with Crippen molar-refractivity contribution >= 4 is 11.6 Å². The molecule has 0 aromatic heterocycles. The Morgan fingerprint density at radius 1 is 0.951 bits per heavy atom. The molecule has 3 aromatic carbocycles. The zero-order valence-electron chi connectivity index (χ0n) is 24.4. The van der Waals surface area contributed by atoms with Gasteiger partial charge in [-0.05, 0) is 65.5 Å². The molecule has 2 aliphatic heterocycles. The van der Waals surface area contributed by atoms with E-state index in [0.29, 0.717) is 28.1 Å². The van der Waals surface area contributed by atoms with E-state index in [1.807, 2.05) is 54.6 Å². The Bertz CT molecular complexity index is 1360. The van der Waals surface area contributed by atoms with Gasteiger partial charge in [-0.1, -0.05) is 75.4 Å². The highest BCUT2D eigenvalue weighted by Gasteiger charge is 2.50. The summed E-state index contributed by atoms with van der Waals surface area (Å²) < 4.78 is 13.3. The van der Waals surface area contributed by atoms with Crippen molar-refractivity contribution in [2.24, 2.45) is 10.8 Å². The fraction of sp³-hybridized carbons (Fsp3) is 0.457. The third kappa shape index (κ3) is 6.41. The van der Waals surface area contributed by atoms with Crippen molar-refractivity contribution < 1.29 is 19.4 Å². The van der Waals surface area contributed by atoms with Gasteiger partial charge in [0.05, 0.1) is 18.8 Å². The lowest BCUT2D eigenvalue weighted by atomic mass is 9.65. The molecule has 2 saturated heterocycles. The van der Waals surface area contributed by atoms with Gasteiger partial charge >= 0.3 is 0 Å². The molecule has 2 heterocycles. The van der Waals surface area contributed by atoms with Crippen LogP contribution in [-0.2, 0) is 16.1 Å². The van der Waals surface area contributed by atoms with Crippen molar-refractivity contribution in [1.82, 2.24) is 4.90 Å². The van der Waals surface area contributed by atoms with E-state index >= 15 is 0 Å². The van der Waals surface area contributed by atoms with Gasteiger partial charge in [0, 0.05) is 42.4 Å². The standard InChI is InChI=1S/C35H42N2O4/c1-34(2)18-29-19-35(3,22-34)23-37(29)20-30-17-31(25-14-12-24(21-38)13-15-25)41-33(40-30)27-10-7-11-28(16-27)36-32(39)26-8-5-4-6-9-26/h4-16,29-31,33,38H,17-23H2,1-3H3,(H,36,39). The predicted octanol–water partition coefficient (Wildman–Crippen LogP) is 6.88. The van der Waals surface area contributed by atoms with Crippen molar-refractivity contribution in [1.29, 1.82) is 0 Å². The van der Waals surface area contributed by atoms with Crippen LogP contribution in [0.15, 0.2) is 78.9 Å². The van der Waals surface area contributed by atoms with E-state index in [2.05, 4.69) is 43.1 Å². The Morgan fingerprint density at radius 3 is 2.49 bits per heavy atom. The summed E-state index contributed by atoms with van der Waals surface area (Å²) >= 11 is 0. The van der Waals surface area contributed by atoms with Crippen LogP contribution in [0.4, 0.5) is 5.69 Å². The number of rotatable bonds is 7. The molecule has 3 aliphatic rings. The molecule has 6 heteroatoms. The molecular formula is C35H42N2O4. The number of nitrogens with one attached hydrogen (secondary N) is 1. The maximum Gasteiger partial charge on any atom is 0.255 e. The van der Waals surface area contributed by atoms with Crippen molar-refractivity contribution in [3.63, 3.8) is 0 Å². The first-order valence-electron chi connectivity index (χ1n) is 14.9. The summed E-state index contributed by atoms with van der Waals surface area (Å²) in [7, 11) is 0. The average molecular weight is 555 g/mol. The Hall–Kier alpha value is -3.03. The molecule has 0 spiro atoms. The zero-order chi connectivity index (χ0) is 28.6. The molecule has 2 bridgehead atoms. The maximum absolute atomic E-state index is 12.8. The van der Waals surface area contributed by atoms with Crippen molar-refractivity contribution in [3.05, 3.63) is 101 Å². The lowest BCUT2D eigenvalue weighted by Crippen LogP contribution is -2.42. The lowest BCUT2D eigenvalue weighted by Gasteiger charge is -2.41. The van der Waals surface area contributed by atoms with Gasteiger partial charge in [0.15, 0.2) is 6.29 Å². The summed E-state index contributed by atoms with van der Waals surface area (Å²) in [5.74, 6) is -0.149. The van der Waals surface area contributed by atoms with E-state index in [1.54, 1.807) is 12.1 Å². The van der Waals surface area contributed by atoms with Crippen LogP contribution in [0.25, 0.3) is 0 Å². The highest BCUT2D eigenvalue weighted by Crippen LogP contribution is 2.53. The van der Waals surface area contributed by atoms with Gasteiger partial charge in [0.1, 0.15) is 0 Å². The Balaban J connectivity index is 1.23. The second kappa shape index (κ2) is 11.3. The number of aliphatic hydroxyl groups is 1. The van der Waals surface area contributed by atoms with Gasteiger partial charge in [-0.3, -0.25) is 9.69 Å². The monoisotopic (exact) mass is 554 g/mol. The maximum atomic E-state index is 12.8. The molecular weight excluding hydrogens is 512 g/mol. The average Bonchev–Trinajstić information content (AvgIpc) is 3.20. The predicted molar refractivity (Wildman–Crippen MR) is 160 cm³/mol. The quantitative estimate of drug-likeness (QED) is 0.333. The Labute approximate surface area is 243 Å². The molecule has 1 saturated carbocycles. The van der Waals surface area contributed by atoms with Crippen molar-refractivity contribution in [2.45, 2.75) is 77.6 Å². The van der Waals surface area contributed by atoms with E-state index in [-0.39, 0.29) is 24.7 Å². The van der Waals surface area contributed by atoms with E-state index in [4.69, 9.17) is 9.47 Å². The van der Waals surface area contributed by atoms with Crippen LogP contribution >= 0.6 is 0 Å². The molecule has 216 valence electrons. The minimum Gasteiger partial charge on any atom is -0.392 e. The number of carbonyl (C=O) groups excluding carboxylic acids is 1. The smallest absolute Gasteiger partial charge is 0.255 e. The molecule has 5 unspecified atom stereocenters. The SMILES string of the molecule is CC1(C)CC2CC(C)(CN2CC2CC(c3ccc(CO)cc3)OC(c3cccc(NC(=O)c4ccccc4)c3)O2)C1. The summed E-state index contributed by atoms with van der Waals surface area (Å²) in [4.78, 5) is 15.5. The van der Waals surface area contributed by atoms with Gasteiger partial charge < -0.3 is 19.9 Å². The number of anilines is 1. The van der Waals surface area contributed by atoms with Gasteiger partial charge in [-0.15, -0.1) is 0 Å². The largest absolute Gasteiger partial charge is 0.392 e. The highest BCUT2D eigenvalue weighted by atomic mass is 16.7. The first kappa shape index (κ1) is 28.1. The second-order valence-corrected chi connectivity index (χ2v) is 13.4. The fourth-order valence-corrected chi connectivity index (χ4v) is 7.64. The Morgan fingerprint density at radius 2 is 1.73 bits per heavy atom. The zero-order valence-corrected chi connectivity index (χ0v) is 24.4. The van der Waals surface area contributed by atoms with Crippen molar-refractivity contribution in [2.75, 3.05) is 18.4 Å². The molecule has 1 amide bonds. The summed E-state index contributed by atoms with van der Waals surface area (Å²) in [6.07, 6.45) is 3.84. The normalized spacial score (nSPS) is 29.3. The molecule has 2 N–H and O–H groups in total. The molecule has 41 heavy (non-hydrogen) atoms. The third-order valence-corrected chi connectivity index (χ3v) is 9.03. The number of likely N-dealkylation sites (tertiary alicyclic amines) is 1. The molecule has 6 rings (SSSR count). The second-order valence-electron chi connectivity index (χ2n) is 13.4. The van der Waals surface area contributed by atoms with E-state index in [9.17, 15) is 9.90 Å². The van der Waals surface area contributed by atoms with Crippen LogP contribution in [-0.4, -0.2) is 41.1 Å². The first-order chi connectivity index (χ1) is 19.7. The molecule has 3 aromatic rings. The van der Waals surface area contributed by atoms with Crippen molar-refractivity contribution in [3.8, 4) is 0 Å². The van der Waals surface area contributed by atoms with E-state index in [1.165, 1.54) is 19.3 Å². The number of aliphatic hydroxyl groups excluding tert-OH is 1. The topological polar surface area (TPSA) is 71.0 Å². The molecule has 3 fully saturated rings. The third-order valence-electron chi connectivity index (χ3n) is 9.03. The minimum absolute atomic E-state index is 0.00453. The number of hydrogen-bond donors (Lipinski definition) is 2. The fourth-order valence-electron chi connectivity index (χ4n) is 7.64. The van der Waals surface area contributed by atoms with Crippen LogP contribution < -0.4 is 5.32 Å². The van der Waals surface area contributed by atoms with Gasteiger partial charge in [0.25, 0.3) is 5.91 Å². The van der Waals surface area contributed by atoms with E-state index in [0.717, 1.165) is 36.2 Å². The first-order valence-corrected chi connectivity index (χ1v) is 14.9. The summed E-state index contributed by atoms with van der Waals surface area (Å²) in [5, 5.41) is 12.6. The molecule has 1 aliphatic carbocycles. The van der Waals surface area contributed by atoms with Gasteiger partial charge in [-0.2, -0.15) is 0 Å². The summed E-state index contributed by atoms with van der Waals surface area (Å²) in [6, 6.07) is 25.6. The Kier molecular flexibility index (Phi) is 7.77. The molecule has 0 radical (unpaired) electrons. The van der Waals surface area contributed by atoms with Gasteiger partial charge in [0.2, 0.25) is 0 Å². The number of hydrogen-bond acceptors (Lipinski definition) is 5. The van der Waals surface area contributed by atoms with Crippen LogP contribution in [0.1, 0.15) is 85.9 Å². The minimum atomic E-state index is -0.557. The highest BCUT2D eigenvalue weighted by molar-refractivity contribution is 6.04. The number of amides is 1. The number of benzene rings is 3. The number of nitrogens with zero attached hydrogens (tertiary/aromatic N) is 1. The van der Waals surface area contributed by atoms with Crippen LogP contribution in [0, 0.1) is 10.8 Å². The number of ether oxygens (including phenoxy) is 2. The van der Waals surface area contributed by atoms with E-state index < -0.39 is 6.29 Å².